The SMILES string of the molecule is NCc1nccn1-c1ncc(F)cn1. The molecule has 0 unspecified atom stereocenters. The van der Waals surface area contributed by atoms with E-state index in [0.29, 0.717) is 11.8 Å². The molecular weight excluding hydrogens is 185 g/mol. The Labute approximate surface area is 79.4 Å². The quantitative estimate of drug-likeness (QED) is 0.742. The molecule has 0 saturated carbocycles. The standard InChI is InChI=1S/C8H8FN5/c9-6-4-12-8(13-5-6)14-2-1-11-7(14)3-10/h1-2,4-5H,3,10H2. The number of hydrogen-bond donors (Lipinski definition) is 1. The van der Waals surface area contributed by atoms with Crippen molar-refractivity contribution in [3.8, 4) is 5.95 Å². The van der Waals surface area contributed by atoms with Crippen LogP contribution in [-0.4, -0.2) is 19.5 Å². The van der Waals surface area contributed by atoms with Crippen LogP contribution in [0.3, 0.4) is 0 Å². The molecule has 72 valence electrons. The Balaban J connectivity index is 2.44. The number of imidazole rings is 1. The molecule has 2 N–H and O–H groups in total. The van der Waals surface area contributed by atoms with Gasteiger partial charge in [-0.25, -0.2) is 19.3 Å². The summed E-state index contributed by atoms with van der Waals surface area (Å²) in [6.07, 6.45) is 5.47. The van der Waals surface area contributed by atoms with Gasteiger partial charge >= 0.3 is 0 Å². The van der Waals surface area contributed by atoms with Crippen LogP contribution in [0.1, 0.15) is 5.82 Å². The zero-order valence-corrected chi connectivity index (χ0v) is 7.26. The van der Waals surface area contributed by atoms with Crippen LogP contribution in [0.15, 0.2) is 24.8 Å². The van der Waals surface area contributed by atoms with Crippen molar-refractivity contribution in [3.05, 3.63) is 36.4 Å². The van der Waals surface area contributed by atoms with Crippen LogP contribution in [0.4, 0.5) is 4.39 Å². The average molecular weight is 193 g/mol. The van der Waals surface area contributed by atoms with Gasteiger partial charge in [-0.1, -0.05) is 0 Å². The van der Waals surface area contributed by atoms with E-state index in [9.17, 15) is 4.39 Å². The minimum Gasteiger partial charge on any atom is -0.324 e. The molecule has 14 heavy (non-hydrogen) atoms. The van der Waals surface area contributed by atoms with Crippen molar-refractivity contribution in [2.45, 2.75) is 6.54 Å². The van der Waals surface area contributed by atoms with Gasteiger partial charge in [0.2, 0.25) is 5.95 Å². The summed E-state index contributed by atoms with van der Waals surface area (Å²) >= 11 is 0. The first kappa shape index (κ1) is 8.76. The highest BCUT2D eigenvalue weighted by atomic mass is 19.1. The molecule has 0 atom stereocenters. The van der Waals surface area contributed by atoms with Gasteiger partial charge in [-0.3, -0.25) is 4.57 Å². The number of halogens is 1. The Morgan fingerprint density at radius 1 is 1.29 bits per heavy atom. The summed E-state index contributed by atoms with van der Waals surface area (Å²) in [6, 6.07) is 0. The fraction of sp³-hybridized carbons (Fsp3) is 0.125. The van der Waals surface area contributed by atoms with E-state index in [1.165, 1.54) is 0 Å². The smallest absolute Gasteiger partial charge is 0.235 e. The lowest BCUT2D eigenvalue weighted by molar-refractivity contribution is 0.610. The van der Waals surface area contributed by atoms with E-state index < -0.39 is 5.82 Å². The lowest BCUT2D eigenvalue weighted by Gasteiger charge is -2.02. The van der Waals surface area contributed by atoms with Crippen LogP contribution < -0.4 is 5.73 Å². The molecule has 0 amide bonds. The Morgan fingerprint density at radius 3 is 2.64 bits per heavy atom. The maximum absolute atomic E-state index is 12.5. The summed E-state index contributed by atoms with van der Waals surface area (Å²) < 4.78 is 14.1. The number of aromatic nitrogens is 4. The Kier molecular flexibility index (Phi) is 2.19. The largest absolute Gasteiger partial charge is 0.324 e. The van der Waals surface area contributed by atoms with E-state index in [2.05, 4.69) is 15.0 Å². The third-order valence-electron chi connectivity index (χ3n) is 1.72. The summed E-state index contributed by atoms with van der Waals surface area (Å²) in [5, 5.41) is 0. The normalized spacial score (nSPS) is 10.4. The van der Waals surface area contributed by atoms with Crippen molar-refractivity contribution in [1.82, 2.24) is 19.5 Å². The predicted molar refractivity (Wildman–Crippen MR) is 47.0 cm³/mol. The molecule has 0 bridgehead atoms. The Morgan fingerprint density at radius 2 is 2.00 bits per heavy atom. The van der Waals surface area contributed by atoms with Crippen LogP contribution in [0, 0.1) is 5.82 Å². The summed E-state index contributed by atoms with van der Waals surface area (Å²) in [4.78, 5) is 11.6. The van der Waals surface area contributed by atoms with E-state index in [0.717, 1.165) is 12.4 Å². The molecule has 0 aliphatic rings. The van der Waals surface area contributed by atoms with Crippen molar-refractivity contribution < 1.29 is 4.39 Å². The molecule has 0 spiro atoms. The Hall–Kier alpha value is -1.82. The first-order chi connectivity index (χ1) is 6.81. The highest BCUT2D eigenvalue weighted by molar-refractivity contribution is 5.14. The van der Waals surface area contributed by atoms with Gasteiger partial charge in [-0.15, -0.1) is 0 Å². The molecule has 2 aromatic rings. The number of nitrogens with two attached hydrogens (primary N) is 1. The number of hydrogen-bond acceptors (Lipinski definition) is 4. The topological polar surface area (TPSA) is 69.6 Å². The van der Waals surface area contributed by atoms with E-state index in [1.807, 2.05) is 0 Å². The summed E-state index contributed by atoms with van der Waals surface area (Å²) in [5.74, 6) is 0.532. The van der Waals surface area contributed by atoms with Crippen molar-refractivity contribution in [2.75, 3.05) is 0 Å². The van der Waals surface area contributed by atoms with Gasteiger partial charge in [0.25, 0.3) is 0 Å². The molecule has 2 rings (SSSR count). The van der Waals surface area contributed by atoms with E-state index >= 15 is 0 Å². The molecule has 2 aromatic heterocycles. The fourth-order valence-electron chi connectivity index (χ4n) is 1.10. The number of nitrogens with zero attached hydrogens (tertiary/aromatic N) is 4. The lowest BCUT2D eigenvalue weighted by Crippen LogP contribution is -2.08. The predicted octanol–water partition coefficient (Wildman–Crippen LogP) is 0.260. The monoisotopic (exact) mass is 193 g/mol. The van der Waals surface area contributed by atoms with Crippen molar-refractivity contribution >= 4 is 0 Å². The first-order valence-electron chi connectivity index (χ1n) is 4.01. The lowest BCUT2D eigenvalue weighted by atomic mass is 10.6. The summed E-state index contributed by atoms with van der Waals surface area (Å²) in [5.41, 5.74) is 5.45. The molecular formula is C8H8FN5. The molecule has 0 fully saturated rings. The van der Waals surface area contributed by atoms with Crippen LogP contribution >= 0.6 is 0 Å². The maximum atomic E-state index is 12.5. The van der Waals surface area contributed by atoms with Crippen LogP contribution in [-0.2, 0) is 6.54 Å². The molecule has 6 heteroatoms. The highest BCUT2D eigenvalue weighted by Gasteiger charge is 2.04. The Bertz CT molecular complexity index is 422. The molecule has 0 saturated heterocycles. The fourth-order valence-corrected chi connectivity index (χ4v) is 1.10. The molecule has 0 aliphatic carbocycles. The second-order valence-electron chi connectivity index (χ2n) is 2.62. The van der Waals surface area contributed by atoms with E-state index in [1.54, 1.807) is 17.0 Å². The zero-order valence-electron chi connectivity index (χ0n) is 7.26. The molecule has 0 radical (unpaired) electrons. The summed E-state index contributed by atoms with van der Waals surface area (Å²) in [6.45, 7) is 0.285. The van der Waals surface area contributed by atoms with Crippen LogP contribution in [0.25, 0.3) is 5.95 Å². The van der Waals surface area contributed by atoms with Gasteiger partial charge in [0, 0.05) is 12.4 Å². The van der Waals surface area contributed by atoms with Gasteiger partial charge in [-0.05, 0) is 0 Å². The van der Waals surface area contributed by atoms with Crippen LogP contribution in [0.5, 0.6) is 0 Å². The van der Waals surface area contributed by atoms with Gasteiger partial charge in [-0.2, -0.15) is 0 Å². The maximum Gasteiger partial charge on any atom is 0.235 e. The van der Waals surface area contributed by atoms with E-state index in [4.69, 9.17) is 5.73 Å². The minimum atomic E-state index is -0.469. The van der Waals surface area contributed by atoms with Gasteiger partial charge in [0.1, 0.15) is 5.82 Å². The van der Waals surface area contributed by atoms with Gasteiger partial charge < -0.3 is 5.73 Å². The first-order valence-corrected chi connectivity index (χ1v) is 4.01. The highest BCUT2D eigenvalue weighted by Crippen LogP contribution is 2.04. The third-order valence-corrected chi connectivity index (χ3v) is 1.72. The second kappa shape index (κ2) is 3.51. The summed E-state index contributed by atoms with van der Waals surface area (Å²) in [7, 11) is 0. The number of rotatable bonds is 2. The zero-order chi connectivity index (χ0) is 9.97. The molecule has 0 aromatic carbocycles. The van der Waals surface area contributed by atoms with E-state index in [-0.39, 0.29) is 6.54 Å². The van der Waals surface area contributed by atoms with Crippen molar-refractivity contribution in [3.63, 3.8) is 0 Å². The molecule has 2 heterocycles. The van der Waals surface area contributed by atoms with Crippen molar-refractivity contribution in [1.29, 1.82) is 0 Å². The van der Waals surface area contributed by atoms with Crippen LogP contribution in [0.2, 0.25) is 0 Å². The minimum absolute atomic E-state index is 0.285. The second-order valence-corrected chi connectivity index (χ2v) is 2.62. The molecule has 0 aliphatic heterocycles. The van der Waals surface area contributed by atoms with Gasteiger partial charge in [0.05, 0.1) is 18.9 Å². The van der Waals surface area contributed by atoms with Gasteiger partial charge in [0.15, 0.2) is 5.82 Å². The third kappa shape index (κ3) is 1.47. The molecule has 5 nitrogen and oxygen atoms in total. The van der Waals surface area contributed by atoms with Crippen molar-refractivity contribution in [2.24, 2.45) is 5.73 Å². The average Bonchev–Trinajstić information content (AvgIpc) is 2.67.